The number of unbranched alkanes of at least 4 members (excludes halogenated alkanes) is 40. The monoisotopic (exact) mass is 1000 g/mol. The zero-order valence-corrected chi connectivity index (χ0v) is 49.0. The maximum atomic E-state index is 12.9. The lowest BCUT2D eigenvalue weighted by Gasteiger charge is -2.18. The molecule has 0 saturated heterocycles. The SMILES string of the molecule is CCC(C)CCCCCCCCCCCCCCCCC(=O)OC[C@H](COC(=O)CCCCCCCCCCCCCCCC(C)C)OC(=O)CCCCCCCCCCCCCCCCCCC(C)C. The molecule has 6 nitrogen and oxygen atoms in total. The molecule has 0 aliphatic rings. The summed E-state index contributed by atoms with van der Waals surface area (Å²) >= 11 is 0. The van der Waals surface area contributed by atoms with Gasteiger partial charge in [-0.3, -0.25) is 14.4 Å². The van der Waals surface area contributed by atoms with E-state index in [4.69, 9.17) is 14.2 Å². The highest BCUT2D eigenvalue weighted by Gasteiger charge is 2.19. The molecule has 0 aromatic rings. The molecule has 1 unspecified atom stereocenters. The summed E-state index contributed by atoms with van der Waals surface area (Å²) < 4.78 is 17.0. The smallest absolute Gasteiger partial charge is 0.306 e. The van der Waals surface area contributed by atoms with Gasteiger partial charge < -0.3 is 14.2 Å². The van der Waals surface area contributed by atoms with E-state index in [0.29, 0.717) is 19.3 Å². The Hall–Kier alpha value is -1.59. The van der Waals surface area contributed by atoms with Crippen molar-refractivity contribution in [2.75, 3.05) is 13.2 Å². The van der Waals surface area contributed by atoms with E-state index < -0.39 is 6.10 Å². The molecule has 0 spiro atoms. The highest BCUT2D eigenvalue weighted by Crippen LogP contribution is 2.19. The first-order valence-corrected chi connectivity index (χ1v) is 32.1. The maximum absolute atomic E-state index is 12.9. The molecule has 0 aromatic heterocycles. The van der Waals surface area contributed by atoms with Crippen molar-refractivity contribution in [2.45, 2.75) is 369 Å². The number of carbonyl (C=O) groups is 3. The molecule has 0 heterocycles. The zero-order chi connectivity index (χ0) is 51.9. The minimum absolute atomic E-state index is 0.0625. The molecule has 0 aliphatic heterocycles. The van der Waals surface area contributed by atoms with Gasteiger partial charge in [0.05, 0.1) is 0 Å². The summed E-state index contributed by atoms with van der Waals surface area (Å²) in [5.74, 6) is 1.75. The van der Waals surface area contributed by atoms with Crippen LogP contribution >= 0.6 is 0 Å². The van der Waals surface area contributed by atoms with Gasteiger partial charge in [0.25, 0.3) is 0 Å². The van der Waals surface area contributed by atoms with Crippen molar-refractivity contribution in [1.29, 1.82) is 0 Å². The molecule has 0 saturated carbocycles. The van der Waals surface area contributed by atoms with Gasteiger partial charge in [0, 0.05) is 19.3 Å². The van der Waals surface area contributed by atoms with Crippen LogP contribution in [0.5, 0.6) is 0 Å². The number of rotatable bonds is 58. The standard InChI is InChI=1S/C65H126O6/c1-7-61(6)53-47-41-35-29-23-17-12-13-18-24-30-36-42-48-54-63(66)69-57-62(58-70-64(67)55-49-43-37-31-25-20-14-16-22-28-34-40-46-52-60(4)5)71-65(68)56-50-44-38-32-26-19-11-9-8-10-15-21-27-33-39-45-51-59(2)3/h59-62H,7-58H2,1-6H3/t61?,62-/m1/s1. The van der Waals surface area contributed by atoms with E-state index in [9.17, 15) is 14.4 Å². The fraction of sp³-hybridized carbons (Fsp3) is 0.954. The fourth-order valence-electron chi connectivity index (χ4n) is 10.0. The Morgan fingerprint density at radius 3 is 0.732 bits per heavy atom. The molecule has 0 aliphatic carbocycles. The Morgan fingerprint density at radius 1 is 0.282 bits per heavy atom. The predicted octanol–water partition coefficient (Wildman–Crippen LogP) is 21.5. The molecule has 0 N–H and O–H groups in total. The molecule has 0 fully saturated rings. The second kappa shape index (κ2) is 56.1. The molecule has 0 rings (SSSR count). The first kappa shape index (κ1) is 69.4. The van der Waals surface area contributed by atoms with Crippen LogP contribution in [0.1, 0.15) is 363 Å². The van der Waals surface area contributed by atoms with Gasteiger partial charge in [0.2, 0.25) is 0 Å². The summed E-state index contributed by atoms with van der Waals surface area (Å²) in [5, 5.41) is 0. The minimum Gasteiger partial charge on any atom is -0.462 e. The van der Waals surface area contributed by atoms with Crippen molar-refractivity contribution < 1.29 is 28.6 Å². The first-order valence-electron chi connectivity index (χ1n) is 32.1. The molecule has 6 heteroatoms. The minimum atomic E-state index is -0.765. The molecule has 0 bridgehead atoms. The van der Waals surface area contributed by atoms with Gasteiger partial charge in [-0.2, -0.15) is 0 Å². The summed E-state index contributed by atoms with van der Waals surface area (Å²) in [6, 6.07) is 0. The fourth-order valence-corrected chi connectivity index (χ4v) is 10.0. The van der Waals surface area contributed by atoms with Gasteiger partial charge in [0.1, 0.15) is 13.2 Å². The van der Waals surface area contributed by atoms with E-state index in [-0.39, 0.29) is 31.1 Å². The summed E-state index contributed by atoms with van der Waals surface area (Å²) in [4.78, 5) is 38.3. The molecular formula is C65H126O6. The van der Waals surface area contributed by atoms with E-state index in [1.54, 1.807) is 0 Å². The Bertz CT molecular complexity index is 1100. The first-order chi connectivity index (χ1) is 34.6. The lowest BCUT2D eigenvalue weighted by molar-refractivity contribution is -0.167. The number of ether oxygens (including phenoxy) is 3. The molecular weight excluding hydrogens is 877 g/mol. The quantitative estimate of drug-likeness (QED) is 0.0343. The van der Waals surface area contributed by atoms with Crippen LogP contribution < -0.4 is 0 Å². The average molecular weight is 1000 g/mol. The zero-order valence-electron chi connectivity index (χ0n) is 49.0. The van der Waals surface area contributed by atoms with Crippen LogP contribution in [0.25, 0.3) is 0 Å². The molecule has 71 heavy (non-hydrogen) atoms. The third kappa shape index (κ3) is 57.5. The number of esters is 3. The van der Waals surface area contributed by atoms with E-state index >= 15 is 0 Å². The van der Waals surface area contributed by atoms with Gasteiger partial charge in [-0.15, -0.1) is 0 Å². The number of hydrogen-bond donors (Lipinski definition) is 0. The molecule has 0 aromatic carbocycles. The van der Waals surface area contributed by atoms with E-state index in [1.807, 2.05) is 0 Å². The van der Waals surface area contributed by atoms with Gasteiger partial charge >= 0.3 is 17.9 Å². The van der Waals surface area contributed by atoms with Crippen LogP contribution in [0.15, 0.2) is 0 Å². The third-order valence-electron chi connectivity index (χ3n) is 15.3. The molecule has 0 radical (unpaired) electrons. The molecule has 422 valence electrons. The van der Waals surface area contributed by atoms with Crippen molar-refractivity contribution in [1.82, 2.24) is 0 Å². The normalized spacial score (nSPS) is 12.5. The highest BCUT2D eigenvalue weighted by molar-refractivity contribution is 5.71. The average Bonchev–Trinajstić information content (AvgIpc) is 3.35. The third-order valence-corrected chi connectivity index (χ3v) is 15.3. The predicted molar refractivity (Wildman–Crippen MR) is 307 cm³/mol. The number of carbonyl (C=O) groups excluding carboxylic acids is 3. The van der Waals surface area contributed by atoms with E-state index in [2.05, 4.69) is 41.5 Å². The van der Waals surface area contributed by atoms with Crippen molar-refractivity contribution in [2.24, 2.45) is 17.8 Å². The Labute approximate surface area is 444 Å². The Balaban J connectivity index is 4.30. The van der Waals surface area contributed by atoms with Crippen molar-refractivity contribution in [3.63, 3.8) is 0 Å². The van der Waals surface area contributed by atoms with Gasteiger partial charge in [-0.25, -0.2) is 0 Å². The van der Waals surface area contributed by atoms with Crippen molar-refractivity contribution in [3.05, 3.63) is 0 Å². The summed E-state index contributed by atoms with van der Waals surface area (Å²) in [7, 11) is 0. The van der Waals surface area contributed by atoms with Crippen LogP contribution in [0.3, 0.4) is 0 Å². The van der Waals surface area contributed by atoms with Crippen LogP contribution in [0.2, 0.25) is 0 Å². The summed E-state index contributed by atoms with van der Waals surface area (Å²) in [6.45, 7) is 13.8. The van der Waals surface area contributed by atoms with Crippen LogP contribution in [-0.2, 0) is 28.6 Å². The lowest BCUT2D eigenvalue weighted by Crippen LogP contribution is -2.30. The largest absolute Gasteiger partial charge is 0.462 e. The Morgan fingerprint density at radius 2 is 0.493 bits per heavy atom. The topological polar surface area (TPSA) is 78.9 Å². The number of hydrogen-bond acceptors (Lipinski definition) is 6. The summed E-state index contributed by atoms with van der Waals surface area (Å²) in [6.07, 6.45) is 60.9. The molecule has 2 atom stereocenters. The molecule has 0 amide bonds. The summed E-state index contributed by atoms with van der Waals surface area (Å²) in [5.41, 5.74) is 0. The maximum Gasteiger partial charge on any atom is 0.306 e. The van der Waals surface area contributed by atoms with E-state index in [1.165, 1.54) is 244 Å². The van der Waals surface area contributed by atoms with Crippen molar-refractivity contribution >= 4 is 17.9 Å². The van der Waals surface area contributed by atoms with Crippen LogP contribution in [-0.4, -0.2) is 37.2 Å². The highest BCUT2D eigenvalue weighted by atomic mass is 16.6. The second-order valence-corrected chi connectivity index (χ2v) is 23.6. The van der Waals surface area contributed by atoms with Crippen LogP contribution in [0.4, 0.5) is 0 Å². The van der Waals surface area contributed by atoms with Gasteiger partial charge in [-0.05, 0) is 37.0 Å². The Kier molecular flexibility index (Phi) is 54.9. The lowest BCUT2D eigenvalue weighted by atomic mass is 9.99. The van der Waals surface area contributed by atoms with Gasteiger partial charge in [0.15, 0.2) is 6.10 Å². The van der Waals surface area contributed by atoms with Crippen LogP contribution in [0, 0.1) is 17.8 Å². The second-order valence-electron chi connectivity index (χ2n) is 23.6. The van der Waals surface area contributed by atoms with Crippen molar-refractivity contribution in [3.8, 4) is 0 Å². The van der Waals surface area contributed by atoms with E-state index in [0.717, 1.165) is 75.5 Å². The van der Waals surface area contributed by atoms with Gasteiger partial charge in [-0.1, -0.05) is 324 Å².